The van der Waals surface area contributed by atoms with Crippen molar-refractivity contribution >= 4 is 11.7 Å². The summed E-state index contributed by atoms with van der Waals surface area (Å²) in [6.07, 6.45) is 0. The van der Waals surface area contributed by atoms with Gasteiger partial charge in [0.15, 0.2) is 0 Å². The van der Waals surface area contributed by atoms with Crippen LogP contribution in [0.2, 0.25) is 0 Å². The van der Waals surface area contributed by atoms with Crippen molar-refractivity contribution < 1.29 is 11.0 Å². The van der Waals surface area contributed by atoms with Crippen LogP contribution in [0.3, 0.4) is 0 Å². The number of carbonyl (C=O) groups is 1. The van der Waals surface area contributed by atoms with Crippen molar-refractivity contribution in [2.75, 3.05) is 5.73 Å². The summed E-state index contributed by atoms with van der Waals surface area (Å²) in [5, 5.41) is 0. The summed E-state index contributed by atoms with van der Waals surface area (Å²) >= 11 is 0. The predicted octanol–water partition coefficient (Wildman–Crippen LogP) is 3.24. The number of ether oxygens (including phenoxy) is 1. The molecule has 3 nitrogen and oxygen atoms in total. The Morgan fingerprint density at radius 3 is 2.56 bits per heavy atom. The van der Waals surface area contributed by atoms with E-state index in [2.05, 4.69) is 0 Å². The lowest BCUT2D eigenvalue weighted by Crippen LogP contribution is -2.11. The molecule has 0 aliphatic rings. The van der Waals surface area contributed by atoms with Crippen LogP contribution in [0.1, 0.15) is 34.7 Å². The highest BCUT2D eigenvalue weighted by Crippen LogP contribution is 2.08. The quantitative estimate of drug-likeness (QED) is 0.634. The molecule has 1 rings (SSSR count). The predicted molar refractivity (Wildman–Crippen MR) is 69.0 cm³/mol. The molecule has 16 heavy (non-hydrogen) atoms. The van der Waals surface area contributed by atoms with E-state index in [9.17, 15) is 4.79 Å². The van der Waals surface area contributed by atoms with Crippen LogP contribution in [0.5, 0.6) is 0 Å². The van der Waals surface area contributed by atoms with E-state index in [1.807, 2.05) is 39.8 Å². The van der Waals surface area contributed by atoms with Gasteiger partial charge in [-0.2, -0.15) is 0 Å². The van der Waals surface area contributed by atoms with Gasteiger partial charge in [0, 0.05) is 7.11 Å². The van der Waals surface area contributed by atoms with Crippen LogP contribution < -0.4 is 5.73 Å². The normalized spacial score (nSPS) is 9.31. The summed E-state index contributed by atoms with van der Waals surface area (Å²) in [6.45, 7) is 7.91. The van der Waals surface area contributed by atoms with Crippen LogP contribution in [0.25, 0.3) is 0 Å². The van der Waals surface area contributed by atoms with Crippen molar-refractivity contribution in [1.82, 2.24) is 0 Å². The maximum atomic E-state index is 11.1. The van der Waals surface area contributed by atoms with Crippen molar-refractivity contribution in [3.63, 3.8) is 0 Å². The second-order valence-electron chi connectivity index (χ2n) is 3.51. The van der Waals surface area contributed by atoms with E-state index in [0.29, 0.717) is 12.3 Å². The second kappa shape index (κ2) is 7.74. The Bertz CT molecular complexity index is 327. The minimum atomic E-state index is -0.188. The van der Waals surface area contributed by atoms with E-state index in [4.69, 9.17) is 10.5 Å². The fraction of sp³-hybridized carbons (Fsp3) is 0.462. The summed E-state index contributed by atoms with van der Waals surface area (Å²) in [6, 6.07) is 7.32. The van der Waals surface area contributed by atoms with Gasteiger partial charge in [0.05, 0.1) is 5.92 Å². The molecule has 0 aromatic heterocycles. The smallest absolute Gasteiger partial charge is 0.308 e. The zero-order valence-corrected chi connectivity index (χ0v) is 10.5. The van der Waals surface area contributed by atoms with Crippen LogP contribution in [-0.2, 0) is 16.1 Å². The van der Waals surface area contributed by atoms with Gasteiger partial charge in [-0.15, -0.1) is 0 Å². The first-order valence-electron chi connectivity index (χ1n) is 5.60. The first-order valence-corrected chi connectivity index (χ1v) is 5.60. The third kappa shape index (κ3) is 5.39. The summed E-state index contributed by atoms with van der Waals surface area (Å²) in [7, 11) is 0. The molecular formula is C13H23NO2. The van der Waals surface area contributed by atoms with Crippen LogP contribution in [0.15, 0.2) is 24.3 Å². The van der Waals surface area contributed by atoms with Crippen LogP contribution in [-0.4, -0.2) is 5.97 Å². The van der Waals surface area contributed by atoms with E-state index in [0.717, 1.165) is 5.56 Å². The number of carbonyl (C=O) groups excluding carboxylic acids is 1. The van der Waals surface area contributed by atoms with Gasteiger partial charge in [-0.3, -0.25) is 4.79 Å². The zero-order chi connectivity index (χ0) is 12.6. The topological polar surface area (TPSA) is 52.3 Å². The van der Waals surface area contributed by atoms with E-state index in [-0.39, 0.29) is 13.3 Å². The molecule has 0 heterocycles. The molecule has 0 saturated heterocycles. The Labute approximate surface area is 99.1 Å². The molecule has 0 bridgehead atoms. The number of hydrogen-bond acceptors (Lipinski definition) is 3. The molecule has 0 amide bonds. The first kappa shape index (κ1) is 14.5. The highest BCUT2D eigenvalue weighted by atomic mass is 16.5. The van der Waals surface area contributed by atoms with E-state index < -0.39 is 0 Å². The monoisotopic (exact) mass is 225 g/mol. The highest BCUT2D eigenvalue weighted by molar-refractivity contribution is 5.71. The summed E-state index contributed by atoms with van der Waals surface area (Å²) < 4.78 is 5.05. The number of esters is 1. The average molecular weight is 225 g/mol. The molecule has 0 atom stereocenters. The van der Waals surface area contributed by atoms with Gasteiger partial charge in [-0.05, 0) is 17.7 Å². The van der Waals surface area contributed by atoms with Crippen molar-refractivity contribution in [3.05, 3.63) is 29.8 Å². The van der Waals surface area contributed by atoms with Gasteiger partial charge < -0.3 is 10.5 Å². The number of rotatable bonds is 3. The molecule has 0 aliphatic carbocycles. The Morgan fingerprint density at radius 1 is 1.44 bits per heavy atom. The standard InChI is InChI=1S/C11H15NO2.C2H6.H2/c1-8(2)11(13)14-7-9-4-3-5-10(12)6-9;1-2;/h3-6,8H,7,12H2,1-2H3;1-2H3;1H. The van der Waals surface area contributed by atoms with Crippen molar-refractivity contribution in [2.45, 2.75) is 34.3 Å². The minimum absolute atomic E-state index is 0. The summed E-state index contributed by atoms with van der Waals surface area (Å²) in [4.78, 5) is 11.1. The third-order valence-corrected chi connectivity index (χ3v) is 1.80. The van der Waals surface area contributed by atoms with Gasteiger partial charge in [0.2, 0.25) is 0 Å². The molecule has 0 saturated carbocycles. The van der Waals surface area contributed by atoms with Gasteiger partial charge in [0.25, 0.3) is 0 Å². The Balaban J connectivity index is 0. The van der Waals surface area contributed by atoms with Crippen molar-refractivity contribution in [3.8, 4) is 0 Å². The zero-order valence-electron chi connectivity index (χ0n) is 10.5. The lowest BCUT2D eigenvalue weighted by molar-refractivity contribution is -0.148. The molecule has 2 N–H and O–H groups in total. The van der Waals surface area contributed by atoms with E-state index >= 15 is 0 Å². The summed E-state index contributed by atoms with van der Waals surface area (Å²) in [5.41, 5.74) is 7.18. The summed E-state index contributed by atoms with van der Waals surface area (Å²) in [5.74, 6) is -0.275. The Morgan fingerprint density at radius 2 is 2.06 bits per heavy atom. The van der Waals surface area contributed by atoms with Crippen LogP contribution >= 0.6 is 0 Å². The number of benzene rings is 1. The molecule has 1 aromatic carbocycles. The fourth-order valence-corrected chi connectivity index (χ4v) is 1.00. The van der Waals surface area contributed by atoms with Crippen molar-refractivity contribution in [2.24, 2.45) is 5.92 Å². The van der Waals surface area contributed by atoms with E-state index in [1.165, 1.54) is 0 Å². The van der Waals surface area contributed by atoms with Crippen LogP contribution in [0, 0.1) is 5.92 Å². The average Bonchev–Trinajstić information content (AvgIpc) is 2.28. The van der Waals surface area contributed by atoms with Crippen LogP contribution in [0.4, 0.5) is 5.69 Å². The fourth-order valence-electron chi connectivity index (χ4n) is 1.00. The number of nitrogens with two attached hydrogens (primary N) is 1. The Hall–Kier alpha value is -1.51. The largest absolute Gasteiger partial charge is 0.461 e. The van der Waals surface area contributed by atoms with E-state index in [1.54, 1.807) is 12.1 Å². The number of hydrogen-bond donors (Lipinski definition) is 1. The molecule has 3 heteroatoms. The lowest BCUT2D eigenvalue weighted by atomic mass is 10.2. The third-order valence-electron chi connectivity index (χ3n) is 1.80. The molecule has 0 radical (unpaired) electrons. The minimum Gasteiger partial charge on any atom is -0.461 e. The Kier molecular flexibility index (Phi) is 7.01. The second-order valence-corrected chi connectivity index (χ2v) is 3.51. The highest BCUT2D eigenvalue weighted by Gasteiger charge is 2.07. The van der Waals surface area contributed by atoms with Gasteiger partial charge in [-0.1, -0.05) is 39.8 Å². The lowest BCUT2D eigenvalue weighted by Gasteiger charge is -2.07. The molecule has 92 valence electrons. The molecule has 1 aromatic rings. The van der Waals surface area contributed by atoms with Gasteiger partial charge >= 0.3 is 5.97 Å². The molecule has 0 spiro atoms. The van der Waals surface area contributed by atoms with Crippen molar-refractivity contribution in [1.29, 1.82) is 0 Å². The van der Waals surface area contributed by atoms with Gasteiger partial charge in [-0.25, -0.2) is 0 Å². The molecule has 0 unspecified atom stereocenters. The maximum Gasteiger partial charge on any atom is 0.308 e. The van der Waals surface area contributed by atoms with Gasteiger partial charge in [0.1, 0.15) is 6.61 Å². The maximum absolute atomic E-state index is 11.1. The SMILES string of the molecule is CC.CC(C)C(=O)OCc1cccc(N)c1.[HH]. The first-order chi connectivity index (χ1) is 7.59. The number of anilines is 1. The molecular weight excluding hydrogens is 202 g/mol. The molecule has 0 aliphatic heterocycles. The number of nitrogen functional groups attached to an aromatic ring is 1. The molecule has 0 fully saturated rings.